The van der Waals surface area contributed by atoms with Gasteiger partial charge in [0, 0.05) is 16.2 Å². The molecule has 1 radical (unpaired) electrons. The first-order chi connectivity index (χ1) is 19.5. The van der Waals surface area contributed by atoms with Crippen molar-refractivity contribution in [3.63, 3.8) is 0 Å². The van der Waals surface area contributed by atoms with E-state index in [-0.39, 0.29) is 76.6 Å². The molecule has 0 aliphatic heterocycles. The Hall–Kier alpha value is -2.25. The summed E-state index contributed by atoms with van der Waals surface area (Å²) in [4.78, 5) is 101. The first-order valence-electron chi connectivity index (χ1n) is 14.3. The molecule has 0 aliphatic rings. The quantitative estimate of drug-likeness (QED) is 0.253. The van der Waals surface area contributed by atoms with Crippen molar-refractivity contribution in [3.05, 3.63) is 0 Å². The van der Waals surface area contributed by atoms with Gasteiger partial charge in [-0.25, -0.2) is 0 Å². The Morgan fingerprint density at radius 2 is 0.457 bits per heavy atom. The molecule has 12 nitrogen and oxygen atoms in total. The van der Waals surface area contributed by atoms with E-state index in [1.807, 2.05) is 0 Å². The van der Waals surface area contributed by atoms with E-state index in [4.69, 9.17) is 0 Å². The molecule has 0 aromatic heterocycles. The van der Waals surface area contributed by atoms with Crippen molar-refractivity contribution in [2.45, 2.75) is 123 Å². The Labute approximate surface area is 304 Å². The van der Waals surface area contributed by atoms with Gasteiger partial charge in [-0.1, -0.05) is 62.3 Å². The standard InChI is InChI=1S/3C11H18O4.Gd/c3*1-10(2,3)7(12)6-8(13)11(4,5)9(14)15;/h3*6H2,1-5H3,(H,14,15);/q;;;+3/p-3. The van der Waals surface area contributed by atoms with Crippen molar-refractivity contribution in [3.8, 4) is 0 Å². The smallest absolute Gasteiger partial charge is 0.549 e. The van der Waals surface area contributed by atoms with Crippen molar-refractivity contribution < 1.29 is 98.4 Å². The van der Waals surface area contributed by atoms with Crippen LogP contribution in [-0.4, -0.2) is 52.6 Å². The number of rotatable bonds is 12. The summed E-state index contributed by atoms with van der Waals surface area (Å²) in [6, 6.07) is 0. The predicted octanol–water partition coefficient (Wildman–Crippen LogP) is 1.01. The van der Waals surface area contributed by atoms with Crippen LogP contribution in [0.3, 0.4) is 0 Å². The molecule has 0 heterocycles. The molecular formula is C33H51GdO12. The summed E-state index contributed by atoms with van der Waals surface area (Å²) < 4.78 is 0. The van der Waals surface area contributed by atoms with Crippen LogP contribution < -0.4 is 15.3 Å². The monoisotopic (exact) mass is 797 g/mol. The van der Waals surface area contributed by atoms with E-state index < -0.39 is 67.7 Å². The van der Waals surface area contributed by atoms with E-state index in [1.54, 1.807) is 62.3 Å². The van der Waals surface area contributed by atoms with Crippen LogP contribution in [0.2, 0.25) is 0 Å². The van der Waals surface area contributed by atoms with Gasteiger partial charge in [-0.2, -0.15) is 0 Å². The molecule has 0 aromatic rings. The normalized spacial score (nSPS) is 12.1. The average Bonchev–Trinajstić information content (AvgIpc) is 2.82. The molecule has 0 saturated heterocycles. The molecule has 46 heavy (non-hydrogen) atoms. The minimum absolute atomic E-state index is 0. The third kappa shape index (κ3) is 17.1. The van der Waals surface area contributed by atoms with Gasteiger partial charge in [0.15, 0.2) is 17.3 Å². The molecular weight excluding hydrogens is 746 g/mol. The van der Waals surface area contributed by atoms with E-state index >= 15 is 0 Å². The number of hydrogen-bond acceptors (Lipinski definition) is 12. The Morgan fingerprint density at radius 1 is 0.326 bits per heavy atom. The fourth-order valence-electron chi connectivity index (χ4n) is 2.24. The molecule has 0 spiro atoms. The summed E-state index contributed by atoms with van der Waals surface area (Å²) in [5.41, 5.74) is -6.67. The van der Waals surface area contributed by atoms with Gasteiger partial charge in [0.25, 0.3) is 0 Å². The van der Waals surface area contributed by atoms with E-state index in [2.05, 4.69) is 0 Å². The van der Waals surface area contributed by atoms with Crippen molar-refractivity contribution in [1.82, 2.24) is 0 Å². The number of carbonyl (C=O) groups excluding carboxylic acids is 9. The molecule has 0 bridgehead atoms. The van der Waals surface area contributed by atoms with Crippen molar-refractivity contribution in [1.29, 1.82) is 0 Å². The molecule has 0 aromatic carbocycles. The van der Waals surface area contributed by atoms with Crippen LogP contribution in [0, 0.1) is 72.4 Å². The first kappa shape index (κ1) is 50.6. The van der Waals surface area contributed by atoms with E-state index in [0.29, 0.717) is 0 Å². The zero-order chi connectivity index (χ0) is 37.3. The maximum atomic E-state index is 11.5. The minimum atomic E-state index is -1.60. The largest absolute Gasteiger partial charge is 3.00 e. The molecule has 0 unspecified atom stereocenters. The number of carboxylic acids is 3. The van der Waals surface area contributed by atoms with Gasteiger partial charge < -0.3 is 29.7 Å². The van der Waals surface area contributed by atoms with Gasteiger partial charge in [-0.05, 0) is 41.5 Å². The van der Waals surface area contributed by atoms with E-state index in [9.17, 15) is 58.5 Å². The molecule has 0 N–H and O–H groups in total. The van der Waals surface area contributed by atoms with Gasteiger partial charge >= 0.3 is 39.9 Å². The number of carboxylic acid groups (broad SMARTS) is 3. The Kier molecular flexibility index (Phi) is 20.2. The number of carbonyl (C=O) groups is 9. The first-order valence-corrected chi connectivity index (χ1v) is 14.3. The molecule has 0 fully saturated rings. The summed E-state index contributed by atoms with van der Waals surface area (Å²) in [6.07, 6.45) is -1.07. The molecule has 0 amide bonds. The summed E-state index contributed by atoms with van der Waals surface area (Å²) in [5, 5.41) is 32.0. The van der Waals surface area contributed by atoms with E-state index in [0.717, 1.165) is 0 Å². The summed E-state index contributed by atoms with van der Waals surface area (Å²) in [6.45, 7) is 22.7. The molecule has 263 valence electrons. The van der Waals surface area contributed by atoms with Crippen molar-refractivity contribution in [2.75, 3.05) is 0 Å². The fraction of sp³-hybridized carbons (Fsp3) is 0.727. The number of ketones is 6. The predicted molar refractivity (Wildman–Crippen MR) is 159 cm³/mol. The van der Waals surface area contributed by atoms with Crippen LogP contribution in [0.15, 0.2) is 0 Å². The minimum Gasteiger partial charge on any atom is -0.549 e. The van der Waals surface area contributed by atoms with Gasteiger partial charge in [-0.15, -0.1) is 0 Å². The van der Waals surface area contributed by atoms with Gasteiger partial charge in [0.05, 0.1) is 53.4 Å². The zero-order valence-electron chi connectivity index (χ0n) is 29.9. The Bertz CT molecular complexity index is 1040. The third-order valence-corrected chi connectivity index (χ3v) is 7.10. The number of aliphatic carboxylic acids is 3. The summed E-state index contributed by atoms with van der Waals surface area (Å²) in [5.74, 6) is -6.96. The number of Topliss-reactive ketones (excluding diaryl/α,β-unsaturated/α-hetero) is 6. The van der Waals surface area contributed by atoms with Crippen LogP contribution in [0.1, 0.15) is 123 Å². The molecule has 0 saturated carbocycles. The molecule has 0 atom stereocenters. The third-order valence-electron chi connectivity index (χ3n) is 7.10. The fourth-order valence-corrected chi connectivity index (χ4v) is 2.24. The van der Waals surface area contributed by atoms with Crippen LogP contribution in [0.25, 0.3) is 0 Å². The van der Waals surface area contributed by atoms with Crippen molar-refractivity contribution >= 4 is 52.6 Å². The Morgan fingerprint density at radius 3 is 0.543 bits per heavy atom. The van der Waals surface area contributed by atoms with Gasteiger partial charge in [0.1, 0.15) is 17.3 Å². The SMILES string of the molecule is CC(C)(C)C(=O)CC(=O)C(C)(C)C(=O)[O-].CC(C)(C)C(=O)CC(=O)C(C)(C)C(=O)[O-].CC(C)(C)C(=O)CC(=O)C(C)(C)C(=O)[O-].[Gd+3]. The molecule has 0 aliphatic carbocycles. The average molecular weight is 797 g/mol. The van der Waals surface area contributed by atoms with Crippen molar-refractivity contribution in [2.24, 2.45) is 32.5 Å². The van der Waals surface area contributed by atoms with Gasteiger partial charge in [-0.3, -0.25) is 28.8 Å². The summed E-state index contributed by atoms with van der Waals surface area (Å²) >= 11 is 0. The van der Waals surface area contributed by atoms with Crippen LogP contribution >= 0.6 is 0 Å². The maximum absolute atomic E-state index is 11.5. The summed E-state index contributed by atoms with van der Waals surface area (Å²) in [7, 11) is 0. The Balaban J connectivity index is -0.000000285. The van der Waals surface area contributed by atoms with E-state index in [1.165, 1.54) is 41.5 Å². The second-order valence-corrected chi connectivity index (χ2v) is 15.6. The maximum Gasteiger partial charge on any atom is 3.00 e. The second-order valence-electron chi connectivity index (χ2n) is 15.6. The van der Waals surface area contributed by atoms with Crippen LogP contribution in [-0.2, 0) is 43.2 Å². The molecule has 0 rings (SSSR count). The van der Waals surface area contributed by atoms with Crippen LogP contribution in [0.4, 0.5) is 0 Å². The van der Waals surface area contributed by atoms with Crippen LogP contribution in [0.5, 0.6) is 0 Å². The number of hydrogen-bond donors (Lipinski definition) is 0. The van der Waals surface area contributed by atoms with Gasteiger partial charge in [0.2, 0.25) is 0 Å². The topological polar surface area (TPSA) is 223 Å². The zero-order valence-corrected chi connectivity index (χ0v) is 32.1. The molecule has 13 heteroatoms. The second kappa shape index (κ2) is 18.3.